The van der Waals surface area contributed by atoms with E-state index in [1.807, 2.05) is 30.5 Å². The van der Waals surface area contributed by atoms with Gasteiger partial charge in [-0.25, -0.2) is 9.97 Å². The molecule has 3 aromatic rings. The summed E-state index contributed by atoms with van der Waals surface area (Å²) in [5.41, 5.74) is 9.39. The van der Waals surface area contributed by atoms with Crippen molar-refractivity contribution in [3.63, 3.8) is 0 Å². The Hall–Kier alpha value is -2.21. The van der Waals surface area contributed by atoms with E-state index in [1.54, 1.807) is 13.8 Å². The molecule has 2 heterocycles. The van der Waals surface area contributed by atoms with Crippen LogP contribution in [-0.4, -0.2) is 28.2 Å². The standard InChI is InChI=1S/C17H21N4O3P/c1-3-23-25(22,24-4-2)10-12-6-5-7-13(8-12)14-9-19-17-15(14)16(18)20-11-21-17/h5-9,11H,3-4,10H2,1-2H3,(H3,18,19,20,21). The number of H-pyrrole nitrogens is 1. The summed E-state index contributed by atoms with van der Waals surface area (Å²) in [6, 6.07) is 7.74. The highest BCUT2D eigenvalue weighted by Crippen LogP contribution is 2.51. The van der Waals surface area contributed by atoms with Crippen LogP contribution in [0.4, 0.5) is 5.82 Å². The van der Waals surface area contributed by atoms with Gasteiger partial charge in [-0.2, -0.15) is 0 Å². The fourth-order valence-electron chi connectivity index (χ4n) is 2.80. The Labute approximate surface area is 146 Å². The van der Waals surface area contributed by atoms with E-state index in [9.17, 15) is 4.57 Å². The van der Waals surface area contributed by atoms with Crippen molar-refractivity contribution in [2.75, 3.05) is 18.9 Å². The van der Waals surface area contributed by atoms with E-state index >= 15 is 0 Å². The number of benzene rings is 1. The fourth-order valence-corrected chi connectivity index (χ4v) is 4.49. The van der Waals surface area contributed by atoms with Crippen LogP contribution in [0, 0.1) is 0 Å². The third kappa shape index (κ3) is 3.74. The van der Waals surface area contributed by atoms with Gasteiger partial charge >= 0.3 is 7.60 Å². The summed E-state index contributed by atoms with van der Waals surface area (Å²) in [7, 11) is -3.15. The molecule has 0 bridgehead atoms. The van der Waals surface area contributed by atoms with Gasteiger partial charge < -0.3 is 19.8 Å². The summed E-state index contributed by atoms with van der Waals surface area (Å²) < 4.78 is 23.5. The summed E-state index contributed by atoms with van der Waals surface area (Å²) in [5, 5.41) is 0.775. The van der Waals surface area contributed by atoms with Crippen LogP contribution >= 0.6 is 7.60 Å². The molecule has 132 valence electrons. The van der Waals surface area contributed by atoms with Crippen molar-refractivity contribution in [3.05, 3.63) is 42.4 Å². The van der Waals surface area contributed by atoms with E-state index in [-0.39, 0.29) is 6.16 Å². The van der Waals surface area contributed by atoms with Crippen LogP contribution in [0.2, 0.25) is 0 Å². The number of nitrogen functional groups attached to an aromatic ring is 1. The number of aromatic nitrogens is 3. The van der Waals surface area contributed by atoms with E-state index in [0.717, 1.165) is 22.1 Å². The first kappa shape index (κ1) is 17.6. The molecule has 8 heteroatoms. The van der Waals surface area contributed by atoms with Crippen molar-refractivity contribution in [3.8, 4) is 11.1 Å². The topological polar surface area (TPSA) is 103 Å². The van der Waals surface area contributed by atoms with Crippen molar-refractivity contribution in [2.45, 2.75) is 20.0 Å². The molecule has 0 spiro atoms. The minimum absolute atomic E-state index is 0.219. The number of aromatic amines is 1. The molecule has 0 aliphatic heterocycles. The van der Waals surface area contributed by atoms with Crippen molar-refractivity contribution >= 4 is 24.4 Å². The SMILES string of the molecule is CCOP(=O)(Cc1cccc(-c2c[nH]c3ncnc(N)c23)c1)OCC. The van der Waals surface area contributed by atoms with Gasteiger partial charge in [0.15, 0.2) is 0 Å². The first-order valence-electron chi connectivity index (χ1n) is 8.11. The van der Waals surface area contributed by atoms with Crippen LogP contribution in [0.25, 0.3) is 22.2 Å². The van der Waals surface area contributed by atoms with Crippen molar-refractivity contribution in [2.24, 2.45) is 0 Å². The van der Waals surface area contributed by atoms with E-state index in [2.05, 4.69) is 15.0 Å². The maximum absolute atomic E-state index is 12.8. The van der Waals surface area contributed by atoms with Gasteiger partial charge in [0, 0.05) is 11.8 Å². The summed E-state index contributed by atoms with van der Waals surface area (Å²) in [6.07, 6.45) is 3.49. The maximum Gasteiger partial charge on any atom is 0.335 e. The normalized spacial score (nSPS) is 11.9. The lowest BCUT2D eigenvalue weighted by atomic mass is 10.0. The number of hydrogen-bond donors (Lipinski definition) is 2. The van der Waals surface area contributed by atoms with Crippen LogP contribution in [0.15, 0.2) is 36.8 Å². The molecule has 0 radical (unpaired) electrons. The van der Waals surface area contributed by atoms with E-state index < -0.39 is 7.60 Å². The van der Waals surface area contributed by atoms with Gasteiger partial charge in [0.25, 0.3) is 0 Å². The summed E-state index contributed by atoms with van der Waals surface area (Å²) >= 11 is 0. The molecule has 0 saturated carbocycles. The highest BCUT2D eigenvalue weighted by molar-refractivity contribution is 7.53. The average molecular weight is 360 g/mol. The number of nitrogens with one attached hydrogen (secondary N) is 1. The van der Waals surface area contributed by atoms with E-state index in [0.29, 0.717) is 24.7 Å². The van der Waals surface area contributed by atoms with Crippen LogP contribution in [0.3, 0.4) is 0 Å². The second kappa shape index (κ2) is 7.35. The fraction of sp³-hybridized carbons (Fsp3) is 0.294. The molecule has 0 aliphatic carbocycles. The van der Waals surface area contributed by atoms with Crippen molar-refractivity contribution in [1.29, 1.82) is 0 Å². The van der Waals surface area contributed by atoms with Gasteiger partial charge in [0.1, 0.15) is 17.8 Å². The molecule has 0 amide bonds. The van der Waals surface area contributed by atoms with Crippen LogP contribution in [0.5, 0.6) is 0 Å². The van der Waals surface area contributed by atoms with Crippen LogP contribution < -0.4 is 5.73 Å². The summed E-state index contributed by atoms with van der Waals surface area (Å²) in [5.74, 6) is 0.418. The molecule has 7 nitrogen and oxygen atoms in total. The molecule has 0 fully saturated rings. The Morgan fingerprint density at radius 2 is 1.96 bits per heavy atom. The lowest BCUT2D eigenvalue weighted by Crippen LogP contribution is -1.99. The van der Waals surface area contributed by atoms with Gasteiger partial charge in [0.2, 0.25) is 0 Å². The Bertz CT molecular complexity index is 915. The Morgan fingerprint density at radius 1 is 1.20 bits per heavy atom. The molecule has 3 rings (SSSR count). The van der Waals surface area contributed by atoms with Gasteiger partial charge in [-0.15, -0.1) is 0 Å². The number of hydrogen-bond acceptors (Lipinski definition) is 6. The zero-order chi connectivity index (χ0) is 17.9. The number of fused-ring (bicyclic) bond motifs is 1. The first-order chi connectivity index (χ1) is 12.1. The Balaban J connectivity index is 1.97. The average Bonchev–Trinajstić information content (AvgIpc) is 3.01. The minimum Gasteiger partial charge on any atom is -0.383 e. The molecule has 0 atom stereocenters. The van der Waals surface area contributed by atoms with E-state index in [4.69, 9.17) is 14.8 Å². The molecular formula is C17H21N4O3P. The largest absolute Gasteiger partial charge is 0.383 e. The zero-order valence-electron chi connectivity index (χ0n) is 14.2. The molecule has 0 unspecified atom stereocenters. The lowest BCUT2D eigenvalue weighted by molar-refractivity contribution is 0.219. The predicted molar refractivity (Wildman–Crippen MR) is 98.3 cm³/mol. The highest BCUT2D eigenvalue weighted by Gasteiger charge is 2.24. The first-order valence-corrected chi connectivity index (χ1v) is 9.84. The van der Waals surface area contributed by atoms with Gasteiger partial charge in [-0.05, 0) is 25.0 Å². The Kier molecular flexibility index (Phi) is 5.18. The van der Waals surface area contributed by atoms with Crippen LogP contribution in [-0.2, 0) is 19.8 Å². The molecule has 2 aromatic heterocycles. The number of nitrogens with zero attached hydrogens (tertiary/aromatic N) is 2. The smallest absolute Gasteiger partial charge is 0.335 e. The highest BCUT2D eigenvalue weighted by atomic mass is 31.2. The van der Waals surface area contributed by atoms with Crippen molar-refractivity contribution in [1.82, 2.24) is 15.0 Å². The molecule has 3 N–H and O–H groups in total. The predicted octanol–water partition coefficient (Wildman–Crippen LogP) is 3.97. The lowest BCUT2D eigenvalue weighted by Gasteiger charge is -2.17. The molecule has 0 aliphatic rings. The molecule has 0 saturated heterocycles. The third-order valence-corrected chi connectivity index (χ3v) is 5.82. The Morgan fingerprint density at radius 3 is 2.68 bits per heavy atom. The second-order valence-electron chi connectivity index (χ2n) is 5.49. The monoisotopic (exact) mass is 360 g/mol. The second-order valence-corrected chi connectivity index (χ2v) is 7.54. The van der Waals surface area contributed by atoms with Gasteiger partial charge in [0.05, 0.1) is 24.8 Å². The van der Waals surface area contributed by atoms with Gasteiger partial charge in [-0.3, -0.25) is 4.57 Å². The number of anilines is 1. The number of rotatable bonds is 7. The quantitative estimate of drug-likeness (QED) is 0.618. The minimum atomic E-state index is -3.15. The van der Waals surface area contributed by atoms with Crippen LogP contribution in [0.1, 0.15) is 19.4 Å². The maximum atomic E-state index is 12.8. The summed E-state index contributed by atoms with van der Waals surface area (Å²) in [4.78, 5) is 11.3. The zero-order valence-corrected chi connectivity index (χ0v) is 15.1. The molecule has 1 aromatic carbocycles. The van der Waals surface area contributed by atoms with Gasteiger partial charge in [-0.1, -0.05) is 24.3 Å². The summed E-state index contributed by atoms with van der Waals surface area (Å²) in [6.45, 7) is 4.29. The van der Waals surface area contributed by atoms with E-state index in [1.165, 1.54) is 6.33 Å². The molecular weight excluding hydrogens is 339 g/mol. The number of nitrogens with two attached hydrogens (primary N) is 1. The third-order valence-electron chi connectivity index (χ3n) is 3.76. The molecule has 25 heavy (non-hydrogen) atoms. The van der Waals surface area contributed by atoms with Crippen molar-refractivity contribution < 1.29 is 13.6 Å².